The highest BCUT2D eigenvalue weighted by Crippen LogP contribution is 2.22. The highest BCUT2D eigenvalue weighted by Gasteiger charge is 2.41. The summed E-state index contributed by atoms with van der Waals surface area (Å²) in [4.78, 5) is 65.8. The van der Waals surface area contributed by atoms with Crippen molar-refractivity contribution in [3.05, 3.63) is 35.9 Å². The molecule has 2 aliphatic rings. The fraction of sp³-hybridized carbons (Fsp3) is 0.645. The van der Waals surface area contributed by atoms with Gasteiger partial charge < -0.3 is 42.2 Å². The quantitative estimate of drug-likeness (QED) is 0.171. The van der Waals surface area contributed by atoms with E-state index in [1.807, 2.05) is 26.8 Å². The lowest BCUT2D eigenvalue weighted by Gasteiger charge is -2.32. The molecule has 0 bridgehead atoms. The Morgan fingerprint density at radius 3 is 2.27 bits per heavy atom. The molecule has 14 heteroatoms. The molecule has 0 aromatic heterocycles. The van der Waals surface area contributed by atoms with E-state index in [-0.39, 0.29) is 50.0 Å². The molecule has 3 rings (SSSR count). The lowest BCUT2D eigenvalue weighted by atomic mass is 9.94. The molecule has 0 radical (unpaired) electrons. The van der Waals surface area contributed by atoms with Crippen LogP contribution >= 0.6 is 12.4 Å². The van der Waals surface area contributed by atoms with E-state index in [2.05, 4.69) is 16.0 Å². The van der Waals surface area contributed by atoms with Crippen molar-refractivity contribution in [1.29, 1.82) is 0 Å². The number of carbonyl (C=O) groups excluding carboxylic acids is 5. The number of aliphatic hydroxyl groups is 1. The number of halogens is 1. The van der Waals surface area contributed by atoms with E-state index in [1.165, 1.54) is 4.90 Å². The average molecular weight is 653 g/mol. The number of nitrogens with one attached hydrogen (secondary N) is 3. The Morgan fingerprint density at radius 2 is 1.67 bits per heavy atom. The van der Waals surface area contributed by atoms with E-state index in [9.17, 15) is 29.1 Å². The number of hydrogen-bond acceptors (Lipinski definition) is 8. The molecular weight excluding hydrogens is 604 g/mol. The van der Waals surface area contributed by atoms with Crippen molar-refractivity contribution in [3.8, 4) is 0 Å². The summed E-state index contributed by atoms with van der Waals surface area (Å²) < 4.78 is 5.69. The van der Waals surface area contributed by atoms with Gasteiger partial charge in [-0.2, -0.15) is 0 Å². The maximum atomic E-state index is 13.6. The molecule has 1 aliphatic heterocycles. The van der Waals surface area contributed by atoms with Gasteiger partial charge >= 0.3 is 0 Å². The van der Waals surface area contributed by atoms with Crippen LogP contribution in [-0.2, 0) is 35.1 Å². The van der Waals surface area contributed by atoms with Gasteiger partial charge in [-0.25, -0.2) is 0 Å². The summed E-state index contributed by atoms with van der Waals surface area (Å²) in [6.07, 6.45) is 1.79. The number of amides is 5. The SMILES string of the molecule is CC(C)(C)NC(=O)[C@@H]1CCCN1C(=O)[C@@H](O)[C@H](Cc1ccccc1)NC(=O)[C@H](CC(N)=O)NC(=O)COC1CCC(N)CC1.Cl. The normalized spacial score (nSPS) is 21.9. The number of benzene rings is 1. The fourth-order valence-electron chi connectivity index (χ4n) is 5.59. The first-order chi connectivity index (χ1) is 20.7. The van der Waals surface area contributed by atoms with Gasteiger partial charge in [-0.05, 0) is 71.3 Å². The van der Waals surface area contributed by atoms with Crippen LogP contribution in [0.25, 0.3) is 0 Å². The van der Waals surface area contributed by atoms with Gasteiger partial charge in [-0.3, -0.25) is 24.0 Å². The van der Waals surface area contributed by atoms with Gasteiger partial charge in [0.15, 0.2) is 6.10 Å². The number of nitrogens with two attached hydrogens (primary N) is 2. The summed E-state index contributed by atoms with van der Waals surface area (Å²) in [6.45, 7) is 5.48. The minimum Gasteiger partial charge on any atom is -0.381 e. The molecule has 1 saturated heterocycles. The third-order valence-electron chi connectivity index (χ3n) is 7.82. The topological polar surface area (TPSA) is 206 Å². The highest BCUT2D eigenvalue weighted by molar-refractivity contribution is 5.93. The number of ether oxygens (including phenoxy) is 1. The maximum absolute atomic E-state index is 13.6. The number of primary amides is 1. The van der Waals surface area contributed by atoms with Crippen LogP contribution in [0.4, 0.5) is 0 Å². The van der Waals surface area contributed by atoms with Gasteiger partial charge in [0.05, 0.1) is 18.6 Å². The van der Waals surface area contributed by atoms with E-state index >= 15 is 0 Å². The standard InChI is InChI=1S/C31H48N6O7.ClH/c1-31(2,3)36-29(42)24-10-7-15-37(24)30(43)27(40)22(16-19-8-5-4-6-9-19)35-28(41)23(17-25(33)38)34-26(39)18-44-21-13-11-20(32)12-14-21;/h4-6,8-9,20-24,27,40H,7,10-18,32H2,1-3H3,(H2,33,38)(H,34,39)(H,35,41)(H,36,42);1H/t20?,21?,22-,23-,24-,27-;/m0./s1. The van der Waals surface area contributed by atoms with E-state index in [0.29, 0.717) is 12.8 Å². The Balaban J connectivity index is 0.00000705. The molecule has 1 saturated carbocycles. The average Bonchev–Trinajstić information content (AvgIpc) is 3.45. The van der Waals surface area contributed by atoms with Crippen LogP contribution in [0.15, 0.2) is 30.3 Å². The first-order valence-corrected chi connectivity index (χ1v) is 15.3. The second-order valence-corrected chi connectivity index (χ2v) is 12.8. The highest BCUT2D eigenvalue weighted by atomic mass is 35.5. The van der Waals surface area contributed by atoms with Gasteiger partial charge in [-0.1, -0.05) is 30.3 Å². The van der Waals surface area contributed by atoms with Gasteiger partial charge in [0, 0.05) is 18.1 Å². The van der Waals surface area contributed by atoms with E-state index < -0.39 is 59.8 Å². The van der Waals surface area contributed by atoms with E-state index in [0.717, 1.165) is 31.2 Å². The number of carbonyl (C=O) groups is 5. The van der Waals surface area contributed by atoms with Crippen molar-refractivity contribution in [3.63, 3.8) is 0 Å². The first-order valence-electron chi connectivity index (χ1n) is 15.3. The molecule has 45 heavy (non-hydrogen) atoms. The lowest BCUT2D eigenvalue weighted by Crippen LogP contribution is -2.59. The second kappa shape index (κ2) is 17.4. The summed E-state index contributed by atoms with van der Waals surface area (Å²) in [5.74, 6) is -3.25. The molecule has 13 nitrogen and oxygen atoms in total. The Bertz CT molecular complexity index is 1160. The van der Waals surface area contributed by atoms with Crippen LogP contribution in [0.2, 0.25) is 0 Å². The zero-order valence-corrected chi connectivity index (χ0v) is 27.1. The third kappa shape index (κ3) is 12.2. The van der Waals surface area contributed by atoms with Crippen molar-refractivity contribution in [1.82, 2.24) is 20.9 Å². The maximum Gasteiger partial charge on any atom is 0.254 e. The minimum atomic E-state index is -1.71. The molecule has 5 amide bonds. The molecule has 8 N–H and O–H groups in total. The number of nitrogens with zero attached hydrogens (tertiary/aromatic N) is 1. The molecule has 0 unspecified atom stereocenters. The zero-order chi connectivity index (χ0) is 32.4. The fourth-order valence-corrected chi connectivity index (χ4v) is 5.59. The van der Waals surface area contributed by atoms with Crippen molar-refractivity contribution < 1.29 is 33.8 Å². The largest absolute Gasteiger partial charge is 0.381 e. The van der Waals surface area contributed by atoms with Gasteiger partial charge in [0.25, 0.3) is 5.91 Å². The van der Waals surface area contributed by atoms with Crippen LogP contribution in [-0.4, -0.2) is 94.6 Å². The Morgan fingerprint density at radius 1 is 1.02 bits per heavy atom. The number of likely N-dealkylation sites (tertiary alicyclic amines) is 1. The van der Waals surface area contributed by atoms with E-state index in [4.69, 9.17) is 16.2 Å². The number of rotatable bonds is 13. The monoisotopic (exact) mass is 652 g/mol. The Hall–Kier alpha value is -3.26. The lowest BCUT2D eigenvalue weighted by molar-refractivity contribution is -0.147. The van der Waals surface area contributed by atoms with Crippen LogP contribution in [0, 0.1) is 0 Å². The summed E-state index contributed by atoms with van der Waals surface area (Å²) in [5, 5.41) is 19.4. The van der Waals surface area contributed by atoms with E-state index in [1.54, 1.807) is 24.3 Å². The van der Waals surface area contributed by atoms with Gasteiger partial charge in [0.2, 0.25) is 23.6 Å². The predicted octanol–water partition coefficient (Wildman–Crippen LogP) is 0.0490. The smallest absolute Gasteiger partial charge is 0.254 e. The van der Waals surface area contributed by atoms with Crippen molar-refractivity contribution in [2.75, 3.05) is 13.2 Å². The van der Waals surface area contributed by atoms with Gasteiger partial charge in [-0.15, -0.1) is 12.4 Å². The van der Waals surface area contributed by atoms with Crippen molar-refractivity contribution in [2.45, 2.75) is 114 Å². The Kier molecular flexibility index (Phi) is 14.7. The first kappa shape index (κ1) is 37.9. The molecule has 252 valence electrons. The molecule has 1 aromatic rings. The van der Waals surface area contributed by atoms with Gasteiger partial charge in [0.1, 0.15) is 18.7 Å². The second-order valence-electron chi connectivity index (χ2n) is 12.8. The molecule has 4 atom stereocenters. The number of hydrogen-bond donors (Lipinski definition) is 6. The number of aliphatic hydroxyl groups excluding tert-OH is 1. The zero-order valence-electron chi connectivity index (χ0n) is 26.3. The third-order valence-corrected chi connectivity index (χ3v) is 7.82. The van der Waals surface area contributed by atoms with Crippen LogP contribution < -0.4 is 27.4 Å². The summed E-state index contributed by atoms with van der Waals surface area (Å²) in [7, 11) is 0. The van der Waals surface area contributed by atoms with Crippen LogP contribution in [0.5, 0.6) is 0 Å². The molecule has 1 aromatic carbocycles. The predicted molar refractivity (Wildman–Crippen MR) is 170 cm³/mol. The van der Waals surface area contributed by atoms with Crippen molar-refractivity contribution >= 4 is 41.9 Å². The molecular formula is C31H49ClN6O7. The molecule has 2 fully saturated rings. The summed E-state index contributed by atoms with van der Waals surface area (Å²) in [5.41, 5.74) is 11.5. The molecule has 1 heterocycles. The molecule has 0 spiro atoms. The van der Waals surface area contributed by atoms with Crippen molar-refractivity contribution in [2.24, 2.45) is 11.5 Å². The van der Waals surface area contributed by atoms with Crippen LogP contribution in [0.3, 0.4) is 0 Å². The minimum absolute atomic E-state index is 0. The summed E-state index contributed by atoms with van der Waals surface area (Å²) in [6, 6.07) is 5.80. The molecule has 1 aliphatic carbocycles. The van der Waals surface area contributed by atoms with Crippen LogP contribution in [0.1, 0.15) is 71.3 Å². The summed E-state index contributed by atoms with van der Waals surface area (Å²) >= 11 is 0. The Labute approximate surface area is 271 Å².